The van der Waals surface area contributed by atoms with Gasteiger partial charge in [0.1, 0.15) is 0 Å². The largest absolute Gasteiger partial charge is 0.392 e. The lowest BCUT2D eigenvalue weighted by atomic mass is 9.89. The molecule has 0 aromatic carbocycles. The van der Waals surface area contributed by atoms with E-state index in [4.69, 9.17) is 0 Å². The molecule has 126 valence electrons. The Morgan fingerprint density at radius 3 is 2.59 bits per heavy atom. The molecule has 0 radical (unpaired) electrons. The van der Waals surface area contributed by atoms with Crippen molar-refractivity contribution in [2.45, 2.75) is 57.1 Å². The third kappa shape index (κ3) is 4.21. The van der Waals surface area contributed by atoms with Gasteiger partial charge in [-0.2, -0.15) is 0 Å². The number of rotatable bonds is 3. The Morgan fingerprint density at radius 2 is 1.86 bits per heavy atom. The lowest BCUT2D eigenvalue weighted by Crippen LogP contribution is -2.45. The molecule has 0 spiro atoms. The molecule has 2 unspecified atom stereocenters. The molecule has 3 fully saturated rings. The number of hydrogen-bond acceptors (Lipinski definition) is 4. The number of carbonyl (C=O) groups excluding carboxylic acids is 1. The van der Waals surface area contributed by atoms with Gasteiger partial charge in [-0.25, -0.2) is 0 Å². The van der Waals surface area contributed by atoms with Gasteiger partial charge in [0, 0.05) is 32.7 Å². The maximum Gasteiger partial charge on any atom is 0.239 e. The summed E-state index contributed by atoms with van der Waals surface area (Å²) in [6.45, 7) is 5.63. The Hall–Kier alpha value is -0.650. The molecule has 0 aromatic rings. The SMILES string of the molecule is O=C(C1CC(O)CN1)N1CCCN(CC2CCCCC2)CC1. The van der Waals surface area contributed by atoms with Crippen LogP contribution in [0.1, 0.15) is 44.9 Å². The summed E-state index contributed by atoms with van der Waals surface area (Å²) < 4.78 is 0. The zero-order chi connectivity index (χ0) is 15.4. The van der Waals surface area contributed by atoms with Crippen LogP contribution < -0.4 is 5.32 Å². The minimum Gasteiger partial charge on any atom is -0.392 e. The van der Waals surface area contributed by atoms with Gasteiger partial charge >= 0.3 is 0 Å². The van der Waals surface area contributed by atoms with Crippen molar-refractivity contribution in [2.75, 3.05) is 39.3 Å². The first-order valence-electron chi connectivity index (χ1n) is 9.15. The van der Waals surface area contributed by atoms with Crippen LogP contribution in [-0.2, 0) is 4.79 Å². The van der Waals surface area contributed by atoms with Crippen molar-refractivity contribution in [1.82, 2.24) is 15.1 Å². The highest BCUT2D eigenvalue weighted by Crippen LogP contribution is 2.24. The molecule has 22 heavy (non-hydrogen) atoms. The van der Waals surface area contributed by atoms with Crippen LogP contribution >= 0.6 is 0 Å². The van der Waals surface area contributed by atoms with Crippen molar-refractivity contribution in [3.8, 4) is 0 Å². The van der Waals surface area contributed by atoms with Crippen LogP contribution in [0.15, 0.2) is 0 Å². The van der Waals surface area contributed by atoms with Crippen LogP contribution in [0.3, 0.4) is 0 Å². The minimum absolute atomic E-state index is 0.167. The van der Waals surface area contributed by atoms with E-state index >= 15 is 0 Å². The van der Waals surface area contributed by atoms with Crippen LogP contribution in [0, 0.1) is 5.92 Å². The first-order valence-corrected chi connectivity index (χ1v) is 9.15. The van der Waals surface area contributed by atoms with Crippen LogP contribution in [-0.4, -0.2) is 72.2 Å². The number of nitrogens with zero attached hydrogens (tertiary/aromatic N) is 2. The van der Waals surface area contributed by atoms with E-state index in [1.54, 1.807) is 0 Å². The predicted molar refractivity (Wildman–Crippen MR) is 86.6 cm³/mol. The second-order valence-electron chi connectivity index (χ2n) is 7.33. The van der Waals surface area contributed by atoms with E-state index < -0.39 is 0 Å². The summed E-state index contributed by atoms with van der Waals surface area (Å²) in [4.78, 5) is 17.1. The van der Waals surface area contributed by atoms with Gasteiger partial charge in [0.05, 0.1) is 12.1 Å². The first kappa shape index (κ1) is 16.2. The zero-order valence-corrected chi connectivity index (χ0v) is 13.7. The van der Waals surface area contributed by atoms with Crippen LogP contribution in [0.25, 0.3) is 0 Å². The molecule has 0 bridgehead atoms. The van der Waals surface area contributed by atoms with Crippen molar-refractivity contribution < 1.29 is 9.90 Å². The summed E-state index contributed by atoms with van der Waals surface area (Å²) in [6, 6.07) is -0.167. The summed E-state index contributed by atoms with van der Waals surface area (Å²) in [5, 5.41) is 12.7. The van der Waals surface area contributed by atoms with Crippen LogP contribution in [0.2, 0.25) is 0 Å². The van der Waals surface area contributed by atoms with Gasteiger partial charge in [-0.1, -0.05) is 19.3 Å². The van der Waals surface area contributed by atoms with Gasteiger partial charge in [0.25, 0.3) is 0 Å². The van der Waals surface area contributed by atoms with Crippen LogP contribution in [0.5, 0.6) is 0 Å². The van der Waals surface area contributed by atoms with Crippen molar-refractivity contribution in [3.63, 3.8) is 0 Å². The molecule has 3 rings (SSSR count). The van der Waals surface area contributed by atoms with Gasteiger partial charge in [0.15, 0.2) is 0 Å². The average Bonchev–Trinajstić information content (AvgIpc) is 2.83. The Bertz CT molecular complexity index is 371. The first-order chi connectivity index (χ1) is 10.7. The molecule has 2 N–H and O–H groups in total. The summed E-state index contributed by atoms with van der Waals surface area (Å²) in [5.74, 6) is 1.07. The van der Waals surface area contributed by atoms with E-state index in [1.165, 1.54) is 38.6 Å². The molecule has 5 heteroatoms. The highest BCUT2D eigenvalue weighted by molar-refractivity contribution is 5.82. The molecule has 0 aromatic heterocycles. The van der Waals surface area contributed by atoms with E-state index in [2.05, 4.69) is 10.2 Å². The van der Waals surface area contributed by atoms with Crippen molar-refractivity contribution >= 4 is 5.91 Å². The van der Waals surface area contributed by atoms with Gasteiger partial charge in [0.2, 0.25) is 5.91 Å². The predicted octanol–water partition coefficient (Wildman–Crippen LogP) is 0.824. The molecule has 1 aliphatic carbocycles. The number of aliphatic hydroxyl groups is 1. The number of carbonyl (C=O) groups is 1. The maximum absolute atomic E-state index is 12.5. The van der Waals surface area contributed by atoms with E-state index in [0.717, 1.165) is 38.5 Å². The Balaban J connectivity index is 1.46. The van der Waals surface area contributed by atoms with Crippen molar-refractivity contribution in [1.29, 1.82) is 0 Å². The highest BCUT2D eigenvalue weighted by Gasteiger charge is 2.32. The Labute approximate surface area is 134 Å². The van der Waals surface area contributed by atoms with Gasteiger partial charge in [-0.3, -0.25) is 4.79 Å². The number of aliphatic hydroxyl groups excluding tert-OH is 1. The fraction of sp³-hybridized carbons (Fsp3) is 0.941. The van der Waals surface area contributed by atoms with Gasteiger partial charge < -0.3 is 20.2 Å². The number of amides is 1. The monoisotopic (exact) mass is 309 g/mol. The molecular weight excluding hydrogens is 278 g/mol. The van der Waals surface area contributed by atoms with Gasteiger partial charge in [-0.05, 0) is 38.1 Å². The number of β-amino-alcohol motifs (C(OH)–C–C–N with tert-alkyl or cyclic N) is 1. The minimum atomic E-state index is -0.358. The third-order valence-electron chi connectivity index (χ3n) is 5.55. The summed E-state index contributed by atoms with van der Waals surface area (Å²) in [7, 11) is 0. The molecule has 3 aliphatic rings. The molecule has 2 heterocycles. The summed E-state index contributed by atoms with van der Waals surface area (Å²) in [6.07, 6.45) is 8.29. The lowest BCUT2D eigenvalue weighted by Gasteiger charge is -2.29. The normalized spacial score (nSPS) is 32.1. The molecule has 2 saturated heterocycles. The topological polar surface area (TPSA) is 55.8 Å². The molecule has 1 amide bonds. The molecule has 5 nitrogen and oxygen atoms in total. The molecule has 2 atom stereocenters. The van der Waals surface area contributed by atoms with E-state index in [-0.39, 0.29) is 18.1 Å². The fourth-order valence-electron chi connectivity index (χ4n) is 4.23. The quantitative estimate of drug-likeness (QED) is 0.810. The average molecular weight is 309 g/mol. The maximum atomic E-state index is 12.5. The smallest absolute Gasteiger partial charge is 0.239 e. The Morgan fingerprint density at radius 1 is 1.05 bits per heavy atom. The standard InChI is InChI=1S/C17H31N3O2/c21-15-11-16(18-12-15)17(22)20-8-4-7-19(9-10-20)13-14-5-2-1-3-6-14/h14-16,18,21H,1-13H2. The molecular formula is C17H31N3O2. The second kappa shape index (κ2) is 7.75. The van der Waals surface area contributed by atoms with Crippen molar-refractivity contribution in [3.05, 3.63) is 0 Å². The number of nitrogens with one attached hydrogen (secondary N) is 1. The molecule has 1 saturated carbocycles. The fourth-order valence-corrected chi connectivity index (χ4v) is 4.23. The van der Waals surface area contributed by atoms with E-state index in [0.29, 0.717) is 13.0 Å². The lowest BCUT2D eigenvalue weighted by molar-refractivity contribution is -0.133. The van der Waals surface area contributed by atoms with E-state index in [9.17, 15) is 9.90 Å². The third-order valence-corrected chi connectivity index (χ3v) is 5.55. The van der Waals surface area contributed by atoms with E-state index in [1.807, 2.05) is 4.90 Å². The Kier molecular flexibility index (Phi) is 5.71. The highest BCUT2D eigenvalue weighted by atomic mass is 16.3. The zero-order valence-electron chi connectivity index (χ0n) is 13.7. The van der Waals surface area contributed by atoms with Gasteiger partial charge in [-0.15, -0.1) is 0 Å². The molecule has 2 aliphatic heterocycles. The number of hydrogen-bond donors (Lipinski definition) is 2. The van der Waals surface area contributed by atoms with Crippen molar-refractivity contribution in [2.24, 2.45) is 5.92 Å². The van der Waals surface area contributed by atoms with Crippen LogP contribution in [0.4, 0.5) is 0 Å². The summed E-state index contributed by atoms with van der Waals surface area (Å²) >= 11 is 0. The second-order valence-corrected chi connectivity index (χ2v) is 7.33. The summed E-state index contributed by atoms with van der Waals surface area (Å²) in [5.41, 5.74) is 0.